The summed E-state index contributed by atoms with van der Waals surface area (Å²) >= 11 is 0. The van der Waals surface area contributed by atoms with Crippen molar-refractivity contribution in [2.75, 3.05) is 7.11 Å². The predicted molar refractivity (Wildman–Crippen MR) is 77.8 cm³/mol. The second-order valence-electron chi connectivity index (χ2n) is 6.10. The Kier molecular flexibility index (Phi) is 2.95. The molecular formula is C15H18N2O4. The standard InChI is InChI=1S/C15H18N2O4/c1-15(2)10(7-11(15)21-3)17-12-8(13(18)19)5-4-6-9(12)16-14(17)20/h4-6,10-11H,7H2,1-3H3,(H,16,20)(H,18,19). The molecule has 2 unspecified atom stereocenters. The molecule has 1 heterocycles. The van der Waals surface area contributed by atoms with Crippen molar-refractivity contribution in [2.45, 2.75) is 32.4 Å². The van der Waals surface area contributed by atoms with Gasteiger partial charge in [0.2, 0.25) is 0 Å². The fraction of sp³-hybridized carbons (Fsp3) is 0.467. The van der Waals surface area contributed by atoms with Crippen molar-refractivity contribution in [1.29, 1.82) is 0 Å². The number of aromatic amines is 1. The van der Waals surface area contributed by atoms with E-state index >= 15 is 0 Å². The Morgan fingerprint density at radius 3 is 2.76 bits per heavy atom. The zero-order valence-electron chi connectivity index (χ0n) is 12.2. The normalized spacial score (nSPS) is 24.0. The van der Waals surface area contributed by atoms with Crippen LogP contribution in [0.3, 0.4) is 0 Å². The average molecular weight is 290 g/mol. The third-order valence-electron chi connectivity index (χ3n) is 4.69. The van der Waals surface area contributed by atoms with E-state index in [-0.39, 0.29) is 28.8 Å². The minimum absolute atomic E-state index is 0.0661. The highest BCUT2D eigenvalue weighted by molar-refractivity contribution is 6.01. The number of carboxylic acids is 1. The number of rotatable bonds is 3. The number of benzene rings is 1. The zero-order valence-corrected chi connectivity index (χ0v) is 12.2. The molecule has 1 saturated carbocycles. The largest absolute Gasteiger partial charge is 0.478 e. The van der Waals surface area contributed by atoms with Gasteiger partial charge in [0.25, 0.3) is 0 Å². The summed E-state index contributed by atoms with van der Waals surface area (Å²) < 4.78 is 7.00. The molecule has 1 aromatic heterocycles. The third kappa shape index (κ3) is 1.82. The van der Waals surface area contributed by atoms with Crippen molar-refractivity contribution in [3.05, 3.63) is 34.2 Å². The van der Waals surface area contributed by atoms with Crippen LogP contribution in [0.5, 0.6) is 0 Å². The van der Waals surface area contributed by atoms with E-state index < -0.39 is 5.97 Å². The Labute approximate surface area is 121 Å². The molecule has 0 saturated heterocycles. The predicted octanol–water partition coefficient (Wildman–Crippen LogP) is 2.01. The Hall–Kier alpha value is -2.08. The molecule has 2 N–H and O–H groups in total. The Balaban J connectivity index is 2.22. The molecule has 3 rings (SSSR count). The number of aromatic nitrogens is 2. The number of hydrogen-bond acceptors (Lipinski definition) is 3. The molecule has 1 aliphatic rings. The molecule has 0 aliphatic heterocycles. The van der Waals surface area contributed by atoms with Gasteiger partial charge in [0.05, 0.1) is 22.7 Å². The van der Waals surface area contributed by atoms with Gasteiger partial charge in [-0.1, -0.05) is 19.9 Å². The quantitative estimate of drug-likeness (QED) is 0.905. The van der Waals surface area contributed by atoms with Gasteiger partial charge in [0.1, 0.15) is 0 Å². The van der Waals surface area contributed by atoms with E-state index in [2.05, 4.69) is 4.98 Å². The van der Waals surface area contributed by atoms with Gasteiger partial charge in [-0.2, -0.15) is 0 Å². The van der Waals surface area contributed by atoms with Crippen LogP contribution in [0, 0.1) is 5.41 Å². The monoisotopic (exact) mass is 290 g/mol. The van der Waals surface area contributed by atoms with Gasteiger partial charge in [0, 0.05) is 18.6 Å². The molecule has 1 aliphatic carbocycles. The highest BCUT2D eigenvalue weighted by atomic mass is 16.5. The maximum absolute atomic E-state index is 12.3. The van der Waals surface area contributed by atoms with Crippen LogP contribution in [-0.4, -0.2) is 33.8 Å². The third-order valence-corrected chi connectivity index (χ3v) is 4.69. The lowest BCUT2D eigenvalue weighted by molar-refractivity contribution is -0.112. The lowest BCUT2D eigenvalue weighted by Gasteiger charge is -2.51. The SMILES string of the molecule is COC1CC(n2c(=O)[nH]c3cccc(C(=O)O)c32)C1(C)C. The number of ether oxygens (including phenoxy) is 1. The summed E-state index contributed by atoms with van der Waals surface area (Å²) in [5.41, 5.74) is 0.660. The van der Waals surface area contributed by atoms with Crippen LogP contribution >= 0.6 is 0 Å². The minimum atomic E-state index is -1.03. The van der Waals surface area contributed by atoms with Gasteiger partial charge in [-0.3, -0.25) is 4.57 Å². The summed E-state index contributed by atoms with van der Waals surface area (Å²) in [7, 11) is 1.66. The number of nitrogens with one attached hydrogen (secondary N) is 1. The van der Waals surface area contributed by atoms with E-state index in [4.69, 9.17) is 4.74 Å². The number of carboxylic acid groups (broad SMARTS) is 1. The molecule has 0 bridgehead atoms. The first-order valence-electron chi connectivity index (χ1n) is 6.87. The fourth-order valence-electron chi connectivity index (χ4n) is 3.35. The number of H-pyrrole nitrogens is 1. The van der Waals surface area contributed by atoms with Crippen LogP contribution in [0.25, 0.3) is 11.0 Å². The van der Waals surface area contributed by atoms with Crippen molar-refractivity contribution in [3.63, 3.8) is 0 Å². The zero-order chi connectivity index (χ0) is 15.4. The van der Waals surface area contributed by atoms with Crippen molar-refractivity contribution in [1.82, 2.24) is 9.55 Å². The maximum atomic E-state index is 12.3. The van der Waals surface area contributed by atoms with E-state index in [0.29, 0.717) is 17.5 Å². The van der Waals surface area contributed by atoms with Crippen molar-refractivity contribution >= 4 is 17.0 Å². The molecule has 0 radical (unpaired) electrons. The summed E-state index contributed by atoms with van der Waals surface area (Å²) in [4.78, 5) is 26.5. The number of imidazole rings is 1. The van der Waals surface area contributed by atoms with Crippen molar-refractivity contribution < 1.29 is 14.6 Å². The van der Waals surface area contributed by atoms with Gasteiger partial charge in [-0.15, -0.1) is 0 Å². The van der Waals surface area contributed by atoms with Crippen LogP contribution < -0.4 is 5.69 Å². The van der Waals surface area contributed by atoms with Crippen molar-refractivity contribution in [3.8, 4) is 0 Å². The molecule has 112 valence electrons. The number of para-hydroxylation sites is 1. The second kappa shape index (κ2) is 4.46. The summed E-state index contributed by atoms with van der Waals surface area (Å²) in [6.45, 7) is 4.06. The number of nitrogens with zero attached hydrogens (tertiary/aromatic N) is 1. The maximum Gasteiger partial charge on any atom is 0.337 e. The summed E-state index contributed by atoms with van der Waals surface area (Å²) in [6.07, 6.45) is 0.765. The topological polar surface area (TPSA) is 84.3 Å². The second-order valence-corrected chi connectivity index (χ2v) is 6.10. The van der Waals surface area contributed by atoms with Gasteiger partial charge in [0.15, 0.2) is 0 Å². The summed E-state index contributed by atoms with van der Waals surface area (Å²) in [6, 6.07) is 4.80. The first kappa shape index (κ1) is 13.9. The Bertz CT molecular complexity index is 772. The molecule has 1 aromatic carbocycles. The van der Waals surface area contributed by atoms with E-state index in [1.54, 1.807) is 23.8 Å². The molecule has 6 heteroatoms. The lowest BCUT2D eigenvalue weighted by Crippen LogP contribution is -2.53. The first-order chi connectivity index (χ1) is 9.87. The van der Waals surface area contributed by atoms with Crippen LogP contribution in [0.4, 0.5) is 0 Å². The highest BCUT2D eigenvalue weighted by Crippen LogP contribution is 2.51. The minimum Gasteiger partial charge on any atom is -0.478 e. The smallest absolute Gasteiger partial charge is 0.337 e. The van der Waals surface area contributed by atoms with E-state index in [1.807, 2.05) is 13.8 Å². The Morgan fingerprint density at radius 2 is 2.19 bits per heavy atom. The number of hydrogen-bond donors (Lipinski definition) is 2. The molecule has 0 spiro atoms. The van der Waals surface area contributed by atoms with E-state index in [1.165, 1.54) is 6.07 Å². The number of carbonyl (C=O) groups is 1. The van der Waals surface area contributed by atoms with Crippen LogP contribution in [0.1, 0.15) is 36.7 Å². The van der Waals surface area contributed by atoms with Crippen LogP contribution in [-0.2, 0) is 4.74 Å². The molecular weight excluding hydrogens is 272 g/mol. The highest BCUT2D eigenvalue weighted by Gasteiger charge is 2.50. The molecule has 2 aromatic rings. The van der Waals surface area contributed by atoms with E-state index in [0.717, 1.165) is 0 Å². The molecule has 2 atom stereocenters. The number of aromatic carboxylic acids is 1. The van der Waals surface area contributed by atoms with Crippen LogP contribution in [0.2, 0.25) is 0 Å². The van der Waals surface area contributed by atoms with Gasteiger partial charge in [-0.05, 0) is 18.6 Å². The Morgan fingerprint density at radius 1 is 1.48 bits per heavy atom. The van der Waals surface area contributed by atoms with E-state index in [9.17, 15) is 14.7 Å². The van der Waals surface area contributed by atoms with Gasteiger partial charge >= 0.3 is 11.7 Å². The molecule has 21 heavy (non-hydrogen) atoms. The molecule has 0 amide bonds. The summed E-state index contributed by atoms with van der Waals surface area (Å²) in [5, 5.41) is 9.36. The number of fused-ring (bicyclic) bond motifs is 1. The van der Waals surface area contributed by atoms with Gasteiger partial charge in [-0.25, -0.2) is 9.59 Å². The average Bonchev–Trinajstić information content (AvgIpc) is 2.74. The molecule has 6 nitrogen and oxygen atoms in total. The molecule has 1 fully saturated rings. The first-order valence-corrected chi connectivity index (χ1v) is 6.87. The van der Waals surface area contributed by atoms with Crippen LogP contribution in [0.15, 0.2) is 23.0 Å². The summed E-state index contributed by atoms with van der Waals surface area (Å²) in [5.74, 6) is -1.03. The van der Waals surface area contributed by atoms with Crippen molar-refractivity contribution in [2.24, 2.45) is 5.41 Å². The number of methoxy groups -OCH3 is 1. The fourth-order valence-corrected chi connectivity index (χ4v) is 3.35. The van der Waals surface area contributed by atoms with Gasteiger partial charge < -0.3 is 14.8 Å². The lowest BCUT2D eigenvalue weighted by atomic mass is 9.64.